The van der Waals surface area contributed by atoms with Gasteiger partial charge >= 0.3 is 0 Å². The molecule has 0 spiro atoms. The number of benzene rings is 2. The van der Waals surface area contributed by atoms with Gasteiger partial charge < -0.3 is 19.3 Å². The minimum atomic E-state index is -0.440. The number of rotatable bonds is 11. The molecule has 39 heavy (non-hydrogen) atoms. The molecule has 2 fully saturated rings. The Morgan fingerprint density at radius 3 is 2.46 bits per heavy atom. The highest BCUT2D eigenvalue weighted by molar-refractivity contribution is 5.85. The van der Waals surface area contributed by atoms with Crippen LogP contribution in [-0.4, -0.2) is 60.5 Å². The molecular weight excluding hydrogens is 498 g/mol. The molecule has 0 atom stereocenters. The summed E-state index contributed by atoms with van der Waals surface area (Å²) in [6.07, 6.45) is 6.07. The second-order valence-corrected chi connectivity index (χ2v) is 9.66. The van der Waals surface area contributed by atoms with Gasteiger partial charge in [-0.25, -0.2) is 0 Å². The summed E-state index contributed by atoms with van der Waals surface area (Å²) >= 11 is 0. The van der Waals surface area contributed by atoms with Crippen molar-refractivity contribution < 1.29 is 14.4 Å². The predicted molar refractivity (Wildman–Crippen MR) is 151 cm³/mol. The number of nitrogens with zero attached hydrogens (tertiary/aromatic N) is 6. The van der Waals surface area contributed by atoms with Crippen LogP contribution in [0.2, 0.25) is 0 Å². The zero-order valence-corrected chi connectivity index (χ0v) is 22.1. The average molecular weight is 532 g/mol. The van der Waals surface area contributed by atoms with E-state index in [1.807, 2.05) is 37.3 Å². The van der Waals surface area contributed by atoms with Crippen LogP contribution in [-0.2, 0) is 0 Å². The fourth-order valence-electron chi connectivity index (χ4n) is 4.71. The summed E-state index contributed by atoms with van der Waals surface area (Å²) in [7, 11) is 0. The molecule has 5 rings (SSSR count). The Hall–Kier alpha value is -4.41. The van der Waals surface area contributed by atoms with Crippen molar-refractivity contribution in [3.63, 3.8) is 0 Å². The van der Waals surface area contributed by atoms with Crippen LogP contribution in [0.3, 0.4) is 0 Å². The highest BCUT2D eigenvalue weighted by Crippen LogP contribution is 2.26. The first-order chi connectivity index (χ1) is 19.0. The topological polar surface area (TPSA) is 118 Å². The molecule has 0 saturated carbocycles. The van der Waals surface area contributed by atoms with Crippen molar-refractivity contribution in [2.45, 2.75) is 32.6 Å². The predicted octanol–water partition coefficient (Wildman–Crippen LogP) is 4.80. The summed E-state index contributed by atoms with van der Waals surface area (Å²) in [5.41, 5.74) is 4.54. The Morgan fingerprint density at radius 1 is 0.974 bits per heavy atom. The number of non-ortho nitro benzene ring substituents is 1. The summed E-state index contributed by atoms with van der Waals surface area (Å²) in [6.45, 7) is 6.42. The van der Waals surface area contributed by atoms with Gasteiger partial charge in [0.25, 0.3) is 5.69 Å². The second kappa shape index (κ2) is 12.4. The summed E-state index contributed by atoms with van der Waals surface area (Å²) in [4.78, 5) is 24.9. The molecule has 2 aliphatic heterocycles. The fourth-order valence-corrected chi connectivity index (χ4v) is 4.71. The van der Waals surface area contributed by atoms with Crippen LogP contribution in [0.5, 0.6) is 11.5 Å². The summed E-state index contributed by atoms with van der Waals surface area (Å²) in [5.74, 6) is 3.39. The molecule has 0 unspecified atom stereocenters. The van der Waals surface area contributed by atoms with Gasteiger partial charge in [0.15, 0.2) is 5.82 Å². The number of aromatic nitrogens is 2. The molecule has 2 aromatic carbocycles. The van der Waals surface area contributed by atoms with Gasteiger partial charge in [-0.2, -0.15) is 15.1 Å². The molecule has 11 heteroatoms. The highest BCUT2D eigenvalue weighted by atomic mass is 16.6. The minimum Gasteiger partial charge on any atom is -0.490 e. The first kappa shape index (κ1) is 26.2. The lowest BCUT2D eigenvalue weighted by Gasteiger charge is -2.21. The minimum absolute atomic E-state index is 0.0468. The number of nitrogens with one attached hydrogen (secondary N) is 1. The van der Waals surface area contributed by atoms with Crippen molar-refractivity contribution in [2.24, 2.45) is 5.10 Å². The average Bonchev–Trinajstić information content (AvgIpc) is 3.67. The van der Waals surface area contributed by atoms with E-state index in [0.717, 1.165) is 69.0 Å². The summed E-state index contributed by atoms with van der Waals surface area (Å²) in [5, 5.41) is 15.7. The van der Waals surface area contributed by atoms with Crippen LogP contribution in [0.15, 0.2) is 53.6 Å². The van der Waals surface area contributed by atoms with Crippen LogP contribution in [0, 0.1) is 17.0 Å². The van der Waals surface area contributed by atoms with Gasteiger partial charge in [0.1, 0.15) is 30.5 Å². The van der Waals surface area contributed by atoms with Crippen molar-refractivity contribution in [2.75, 3.05) is 54.6 Å². The first-order valence-corrected chi connectivity index (χ1v) is 13.3. The molecule has 0 radical (unpaired) electrons. The van der Waals surface area contributed by atoms with Crippen LogP contribution < -0.4 is 24.7 Å². The van der Waals surface area contributed by atoms with Gasteiger partial charge in [0, 0.05) is 49.9 Å². The standard InChI is InChI=1S/C28H33N7O4/c1-21-7-6-8-24(17-21)38-15-16-39-25-10-9-23(35(36)37)18-22(25)20-29-32-26-19-27(33-11-2-3-12-33)31-28(30-26)34-13-4-5-14-34/h6-10,17-20H,2-5,11-16H2,1H3,(H,30,31,32). The van der Waals surface area contributed by atoms with Gasteiger partial charge in [-0.15, -0.1) is 0 Å². The van der Waals surface area contributed by atoms with E-state index in [9.17, 15) is 10.1 Å². The van der Waals surface area contributed by atoms with Crippen molar-refractivity contribution in [3.05, 3.63) is 69.8 Å². The summed E-state index contributed by atoms with van der Waals surface area (Å²) in [6, 6.07) is 14.1. The third-order valence-electron chi connectivity index (χ3n) is 6.71. The molecule has 1 aromatic heterocycles. The SMILES string of the molecule is Cc1cccc(OCCOc2ccc([N+](=O)[O-])cc2C=NNc2cc(N3CCCC3)nc(N3CCCC3)n2)c1. The van der Waals surface area contributed by atoms with Gasteiger partial charge in [0.05, 0.1) is 11.1 Å². The third kappa shape index (κ3) is 6.92. The molecule has 3 aromatic rings. The number of nitro groups is 1. The van der Waals surface area contributed by atoms with Gasteiger partial charge in [-0.3, -0.25) is 15.5 Å². The van der Waals surface area contributed by atoms with Crippen molar-refractivity contribution in [1.82, 2.24) is 9.97 Å². The lowest BCUT2D eigenvalue weighted by atomic mass is 10.2. The normalized spacial score (nSPS) is 15.2. The zero-order valence-electron chi connectivity index (χ0n) is 22.1. The third-order valence-corrected chi connectivity index (χ3v) is 6.71. The largest absolute Gasteiger partial charge is 0.490 e. The number of hydrazone groups is 1. The first-order valence-electron chi connectivity index (χ1n) is 13.3. The van der Waals surface area contributed by atoms with E-state index >= 15 is 0 Å². The van der Waals surface area contributed by atoms with Crippen LogP contribution in [0.4, 0.5) is 23.3 Å². The maximum absolute atomic E-state index is 11.4. The molecule has 204 valence electrons. The van der Waals surface area contributed by atoms with E-state index in [-0.39, 0.29) is 12.3 Å². The van der Waals surface area contributed by atoms with Crippen molar-refractivity contribution in [1.29, 1.82) is 0 Å². The molecule has 0 bridgehead atoms. The van der Waals surface area contributed by atoms with E-state index in [1.54, 1.807) is 6.07 Å². The number of anilines is 3. The van der Waals surface area contributed by atoms with Gasteiger partial charge in [0.2, 0.25) is 5.95 Å². The molecule has 11 nitrogen and oxygen atoms in total. The highest BCUT2D eigenvalue weighted by Gasteiger charge is 2.20. The maximum atomic E-state index is 11.4. The van der Waals surface area contributed by atoms with Crippen LogP contribution >= 0.6 is 0 Å². The van der Waals surface area contributed by atoms with E-state index in [2.05, 4.69) is 25.3 Å². The summed E-state index contributed by atoms with van der Waals surface area (Å²) < 4.78 is 11.6. The Morgan fingerprint density at radius 2 is 1.72 bits per heavy atom. The van der Waals surface area contributed by atoms with E-state index in [1.165, 1.54) is 18.3 Å². The van der Waals surface area contributed by atoms with Gasteiger partial charge in [-0.1, -0.05) is 12.1 Å². The number of hydrogen-bond acceptors (Lipinski definition) is 10. The monoisotopic (exact) mass is 531 g/mol. The second-order valence-electron chi connectivity index (χ2n) is 9.66. The van der Waals surface area contributed by atoms with E-state index < -0.39 is 4.92 Å². The van der Waals surface area contributed by atoms with E-state index in [0.29, 0.717) is 29.7 Å². The Kier molecular flexibility index (Phi) is 8.35. The van der Waals surface area contributed by atoms with Crippen LogP contribution in [0.1, 0.15) is 36.8 Å². The van der Waals surface area contributed by atoms with Crippen molar-refractivity contribution >= 4 is 29.5 Å². The molecule has 0 aliphatic carbocycles. The molecule has 1 N–H and O–H groups in total. The Labute approximate surface area is 227 Å². The molecule has 2 saturated heterocycles. The maximum Gasteiger partial charge on any atom is 0.270 e. The van der Waals surface area contributed by atoms with Crippen molar-refractivity contribution in [3.8, 4) is 11.5 Å². The number of hydrogen-bond donors (Lipinski definition) is 1. The smallest absolute Gasteiger partial charge is 0.270 e. The Bertz CT molecular complexity index is 1290. The number of nitro benzene ring substituents is 1. The quantitative estimate of drug-likeness (QED) is 0.161. The molecule has 2 aliphatic rings. The van der Waals surface area contributed by atoms with Gasteiger partial charge in [-0.05, 0) is 56.4 Å². The zero-order chi connectivity index (χ0) is 27.0. The number of aryl methyl sites for hydroxylation is 1. The molecule has 0 amide bonds. The molecular formula is C28H33N7O4. The van der Waals surface area contributed by atoms with E-state index in [4.69, 9.17) is 14.5 Å². The number of ether oxygens (including phenoxy) is 2. The molecule has 3 heterocycles. The lowest BCUT2D eigenvalue weighted by Crippen LogP contribution is -2.24. The fraction of sp³-hybridized carbons (Fsp3) is 0.393. The Balaban J connectivity index is 1.29. The van der Waals surface area contributed by atoms with Crippen LogP contribution in [0.25, 0.3) is 0 Å². The lowest BCUT2D eigenvalue weighted by molar-refractivity contribution is -0.384.